The number of carbonyl (C=O) groups excluding carboxylic acids is 1. The smallest absolute Gasteiger partial charge is 0.323 e. The molecular weight excluding hydrogens is 360 g/mol. The lowest BCUT2D eigenvalue weighted by atomic mass is 9.93. The third kappa shape index (κ3) is 4.90. The molecule has 29 heavy (non-hydrogen) atoms. The molecule has 1 atom stereocenters. The molecule has 1 aliphatic heterocycles. The van der Waals surface area contributed by atoms with Gasteiger partial charge >= 0.3 is 6.03 Å². The van der Waals surface area contributed by atoms with Gasteiger partial charge in [-0.25, -0.2) is 4.79 Å². The van der Waals surface area contributed by atoms with Crippen molar-refractivity contribution in [3.05, 3.63) is 108 Å². The lowest BCUT2D eigenvalue weighted by molar-refractivity contribution is 0.262. The summed E-state index contributed by atoms with van der Waals surface area (Å²) in [6, 6.07) is 21.1. The summed E-state index contributed by atoms with van der Waals surface area (Å²) in [5, 5.41) is 9.08. The minimum Gasteiger partial charge on any atom is -0.381 e. The van der Waals surface area contributed by atoms with Crippen molar-refractivity contribution in [2.45, 2.75) is 12.5 Å². The highest BCUT2D eigenvalue weighted by atomic mass is 16.2. The van der Waals surface area contributed by atoms with Gasteiger partial charge in [0.2, 0.25) is 0 Å². The molecule has 4 rings (SSSR count). The molecule has 1 aromatic heterocycles. The number of pyridine rings is 1. The Morgan fingerprint density at radius 2 is 1.72 bits per heavy atom. The fraction of sp³-hybridized carbons (Fsp3) is 0.0833. The number of nitrogens with one attached hydrogen (secondary N) is 3. The zero-order valence-corrected chi connectivity index (χ0v) is 15.9. The van der Waals surface area contributed by atoms with E-state index in [1.165, 1.54) is 5.57 Å². The number of urea groups is 1. The van der Waals surface area contributed by atoms with Gasteiger partial charge in [-0.2, -0.15) is 0 Å². The molecule has 1 unspecified atom stereocenters. The quantitative estimate of drug-likeness (QED) is 0.569. The molecule has 3 N–H and O–H groups in total. The number of allylic oxidation sites excluding steroid dienone is 1. The van der Waals surface area contributed by atoms with Crippen LogP contribution in [0.15, 0.2) is 97.0 Å². The van der Waals surface area contributed by atoms with E-state index in [0.717, 1.165) is 28.9 Å². The molecule has 5 heteroatoms. The van der Waals surface area contributed by atoms with Gasteiger partial charge < -0.3 is 16.0 Å². The van der Waals surface area contributed by atoms with Crippen molar-refractivity contribution in [2.24, 2.45) is 0 Å². The highest BCUT2D eigenvalue weighted by Gasteiger charge is 2.17. The van der Waals surface area contributed by atoms with Gasteiger partial charge in [0.25, 0.3) is 0 Å². The number of aromatic nitrogens is 1. The first-order valence-electron chi connectivity index (χ1n) is 9.52. The monoisotopic (exact) mass is 382 g/mol. The predicted molar refractivity (Wildman–Crippen MR) is 117 cm³/mol. The Labute approximate surface area is 170 Å². The molecule has 2 amide bonds. The summed E-state index contributed by atoms with van der Waals surface area (Å²) < 4.78 is 0. The molecule has 3 aromatic rings. The molecule has 2 aromatic carbocycles. The van der Waals surface area contributed by atoms with E-state index in [1.807, 2.05) is 73.1 Å². The van der Waals surface area contributed by atoms with Crippen molar-refractivity contribution in [3.63, 3.8) is 0 Å². The van der Waals surface area contributed by atoms with Crippen LogP contribution in [0.2, 0.25) is 0 Å². The van der Waals surface area contributed by atoms with E-state index >= 15 is 0 Å². The number of hydrogen-bond donors (Lipinski definition) is 3. The zero-order valence-electron chi connectivity index (χ0n) is 15.9. The highest BCUT2D eigenvalue weighted by Crippen LogP contribution is 2.29. The van der Waals surface area contributed by atoms with E-state index < -0.39 is 0 Å². The minimum absolute atomic E-state index is 0.114. The maximum atomic E-state index is 12.1. The average molecular weight is 382 g/mol. The van der Waals surface area contributed by atoms with E-state index in [1.54, 1.807) is 6.20 Å². The van der Waals surface area contributed by atoms with Crippen LogP contribution in [0, 0.1) is 0 Å². The third-order valence-electron chi connectivity index (χ3n) is 4.68. The molecule has 0 aliphatic carbocycles. The number of rotatable bonds is 4. The first kappa shape index (κ1) is 18.5. The van der Waals surface area contributed by atoms with Gasteiger partial charge in [-0.15, -0.1) is 0 Å². The molecule has 1 aliphatic rings. The number of hydrogen-bond acceptors (Lipinski definition) is 3. The standard InChI is InChI=1S/C24H22N4O/c29-24(27-21-8-2-1-3-9-21)28-22-12-10-18(11-13-22)16-19-6-5-15-26-23(19)20-7-4-14-25-17-20/h1-5,7-17,23,26H,6H2,(H2,27,28,29). The first-order valence-corrected chi connectivity index (χ1v) is 9.52. The Morgan fingerprint density at radius 1 is 0.966 bits per heavy atom. The van der Waals surface area contributed by atoms with Crippen LogP contribution in [0.1, 0.15) is 23.6 Å². The fourth-order valence-corrected chi connectivity index (χ4v) is 3.28. The fourth-order valence-electron chi connectivity index (χ4n) is 3.28. The number of carbonyl (C=O) groups is 1. The summed E-state index contributed by atoms with van der Waals surface area (Å²) in [6.07, 6.45) is 10.8. The lowest BCUT2D eigenvalue weighted by Crippen LogP contribution is -2.21. The number of anilines is 2. The van der Waals surface area contributed by atoms with Gasteiger partial charge in [0.1, 0.15) is 0 Å². The Bertz CT molecular complexity index is 1010. The van der Waals surface area contributed by atoms with Crippen LogP contribution >= 0.6 is 0 Å². The molecule has 0 radical (unpaired) electrons. The lowest BCUT2D eigenvalue weighted by Gasteiger charge is -2.24. The van der Waals surface area contributed by atoms with Crippen molar-refractivity contribution >= 4 is 23.5 Å². The normalized spacial score (nSPS) is 16.8. The van der Waals surface area contributed by atoms with Crippen molar-refractivity contribution in [1.82, 2.24) is 10.3 Å². The molecule has 2 heterocycles. The van der Waals surface area contributed by atoms with Crippen LogP contribution < -0.4 is 16.0 Å². The molecule has 0 fully saturated rings. The topological polar surface area (TPSA) is 66.1 Å². The second-order valence-corrected chi connectivity index (χ2v) is 6.78. The number of amides is 2. The van der Waals surface area contributed by atoms with E-state index in [-0.39, 0.29) is 12.1 Å². The minimum atomic E-state index is -0.263. The van der Waals surface area contributed by atoms with Crippen molar-refractivity contribution in [2.75, 3.05) is 10.6 Å². The van der Waals surface area contributed by atoms with E-state index in [9.17, 15) is 4.79 Å². The second kappa shape index (κ2) is 8.89. The van der Waals surface area contributed by atoms with E-state index in [0.29, 0.717) is 0 Å². The molecule has 0 spiro atoms. The van der Waals surface area contributed by atoms with Gasteiger partial charge in [0.05, 0.1) is 6.04 Å². The summed E-state index contributed by atoms with van der Waals surface area (Å²) in [4.78, 5) is 16.4. The Kier molecular flexibility index (Phi) is 5.67. The molecular formula is C24H22N4O. The van der Waals surface area contributed by atoms with Crippen molar-refractivity contribution in [3.8, 4) is 0 Å². The summed E-state index contributed by atoms with van der Waals surface area (Å²) in [7, 11) is 0. The molecule has 0 saturated heterocycles. The van der Waals surface area contributed by atoms with Crippen molar-refractivity contribution < 1.29 is 4.79 Å². The van der Waals surface area contributed by atoms with Gasteiger partial charge in [-0.05, 0) is 59.7 Å². The highest BCUT2D eigenvalue weighted by molar-refractivity contribution is 5.99. The zero-order chi connectivity index (χ0) is 19.9. The van der Waals surface area contributed by atoms with Gasteiger partial charge in [-0.1, -0.05) is 48.6 Å². The van der Waals surface area contributed by atoms with Crippen LogP contribution in [0.4, 0.5) is 16.2 Å². The van der Waals surface area contributed by atoms with E-state index in [4.69, 9.17) is 0 Å². The second-order valence-electron chi connectivity index (χ2n) is 6.78. The molecule has 0 saturated carbocycles. The number of benzene rings is 2. The Balaban J connectivity index is 1.44. The maximum absolute atomic E-state index is 12.1. The van der Waals surface area contributed by atoms with Crippen molar-refractivity contribution in [1.29, 1.82) is 0 Å². The average Bonchev–Trinajstić information content (AvgIpc) is 2.77. The number of nitrogens with zero attached hydrogens (tertiary/aromatic N) is 1. The van der Waals surface area contributed by atoms with Gasteiger partial charge in [-0.3, -0.25) is 4.98 Å². The van der Waals surface area contributed by atoms with Gasteiger partial charge in [0, 0.05) is 23.8 Å². The van der Waals surface area contributed by atoms with Crippen LogP contribution in [0.25, 0.3) is 6.08 Å². The Morgan fingerprint density at radius 3 is 2.45 bits per heavy atom. The molecule has 0 bridgehead atoms. The van der Waals surface area contributed by atoms with Crippen LogP contribution in [0.3, 0.4) is 0 Å². The maximum Gasteiger partial charge on any atom is 0.323 e. The Hall–Kier alpha value is -3.86. The van der Waals surface area contributed by atoms with Crippen LogP contribution in [0.5, 0.6) is 0 Å². The van der Waals surface area contributed by atoms with Gasteiger partial charge in [0.15, 0.2) is 0 Å². The van der Waals surface area contributed by atoms with Crippen LogP contribution in [-0.2, 0) is 0 Å². The molecule has 5 nitrogen and oxygen atoms in total. The summed E-state index contributed by atoms with van der Waals surface area (Å²) in [5.41, 5.74) is 4.98. The summed E-state index contributed by atoms with van der Waals surface area (Å²) in [5.74, 6) is 0. The summed E-state index contributed by atoms with van der Waals surface area (Å²) in [6.45, 7) is 0. The number of para-hydroxylation sites is 1. The van der Waals surface area contributed by atoms with E-state index in [2.05, 4.69) is 39.2 Å². The predicted octanol–water partition coefficient (Wildman–Crippen LogP) is 5.36. The SMILES string of the molecule is O=C(Nc1ccccc1)Nc1ccc(C=C2CC=CNC2c2cccnc2)cc1. The summed E-state index contributed by atoms with van der Waals surface area (Å²) >= 11 is 0. The largest absolute Gasteiger partial charge is 0.381 e. The first-order chi connectivity index (χ1) is 14.3. The third-order valence-corrected chi connectivity index (χ3v) is 4.68. The van der Waals surface area contributed by atoms with Crippen LogP contribution in [-0.4, -0.2) is 11.0 Å². The molecule has 144 valence electrons.